The summed E-state index contributed by atoms with van der Waals surface area (Å²) in [6.45, 7) is 0. The molecule has 7 heteroatoms. The first-order valence-electron chi connectivity index (χ1n) is 8.38. The average molecular weight is 383 g/mol. The Morgan fingerprint density at radius 1 is 1.15 bits per heavy atom. The Kier molecular flexibility index (Phi) is 6.05. The fourth-order valence-corrected chi connectivity index (χ4v) is 3.39. The third-order valence-electron chi connectivity index (χ3n) is 3.98. The summed E-state index contributed by atoms with van der Waals surface area (Å²) in [5.41, 5.74) is 8.29. The van der Waals surface area contributed by atoms with E-state index in [0.29, 0.717) is 29.3 Å². The van der Waals surface area contributed by atoms with Crippen molar-refractivity contribution in [2.45, 2.75) is 12.5 Å². The predicted molar refractivity (Wildman–Crippen MR) is 107 cm³/mol. The number of methoxy groups -OCH3 is 2. The number of ether oxygens (including phenoxy) is 2. The van der Waals surface area contributed by atoms with Crippen LogP contribution in [0, 0.1) is 0 Å². The standard InChI is InChI=1S/C20H21N3O3S/c1-25-15-9-14(10-16(11-15)26-2)22-19(24)18-12-27-20(23-18)17(21)8-13-6-4-3-5-7-13/h3-7,9-12,17H,8,21H2,1-2H3,(H,22,24). The first kappa shape index (κ1) is 18.9. The summed E-state index contributed by atoms with van der Waals surface area (Å²) in [4.78, 5) is 16.9. The lowest BCUT2D eigenvalue weighted by Crippen LogP contribution is -2.15. The van der Waals surface area contributed by atoms with Crippen molar-refractivity contribution >= 4 is 22.9 Å². The zero-order chi connectivity index (χ0) is 19.2. The zero-order valence-electron chi connectivity index (χ0n) is 15.1. The summed E-state index contributed by atoms with van der Waals surface area (Å²) in [7, 11) is 3.11. The molecule has 6 nitrogen and oxygen atoms in total. The van der Waals surface area contributed by atoms with Crippen LogP contribution in [0.1, 0.15) is 27.1 Å². The van der Waals surface area contributed by atoms with E-state index >= 15 is 0 Å². The van der Waals surface area contributed by atoms with E-state index in [1.165, 1.54) is 11.3 Å². The van der Waals surface area contributed by atoms with E-state index in [2.05, 4.69) is 10.3 Å². The maximum Gasteiger partial charge on any atom is 0.275 e. The maximum atomic E-state index is 12.5. The average Bonchev–Trinajstić information content (AvgIpc) is 3.19. The molecule has 3 aromatic rings. The Balaban J connectivity index is 1.70. The van der Waals surface area contributed by atoms with Gasteiger partial charge in [0.1, 0.15) is 22.2 Å². The molecule has 27 heavy (non-hydrogen) atoms. The molecule has 0 spiro atoms. The molecule has 0 fully saturated rings. The summed E-state index contributed by atoms with van der Waals surface area (Å²) >= 11 is 1.38. The monoisotopic (exact) mass is 383 g/mol. The Labute approximate surface area is 162 Å². The molecule has 3 rings (SSSR count). The lowest BCUT2D eigenvalue weighted by Gasteiger charge is -2.09. The quantitative estimate of drug-likeness (QED) is 0.650. The molecule has 1 atom stereocenters. The highest BCUT2D eigenvalue weighted by Gasteiger charge is 2.16. The van der Waals surface area contributed by atoms with Crippen molar-refractivity contribution in [2.24, 2.45) is 5.73 Å². The number of carbonyl (C=O) groups is 1. The second-order valence-electron chi connectivity index (χ2n) is 5.92. The number of nitrogens with one attached hydrogen (secondary N) is 1. The van der Waals surface area contributed by atoms with Crippen LogP contribution in [0.15, 0.2) is 53.9 Å². The van der Waals surface area contributed by atoms with Crippen LogP contribution in [0.2, 0.25) is 0 Å². The fourth-order valence-electron chi connectivity index (χ4n) is 2.59. The Hall–Kier alpha value is -2.90. The molecular formula is C20H21N3O3S. The normalized spacial score (nSPS) is 11.7. The predicted octanol–water partition coefficient (Wildman–Crippen LogP) is 3.66. The Bertz CT molecular complexity index is 890. The van der Waals surface area contributed by atoms with E-state index in [1.807, 2.05) is 30.3 Å². The minimum Gasteiger partial charge on any atom is -0.497 e. The molecule has 0 aliphatic rings. The number of benzene rings is 2. The maximum absolute atomic E-state index is 12.5. The number of hydrogen-bond acceptors (Lipinski definition) is 6. The molecule has 0 saturated carbocycles. The van der Waals surface area contributed by atoms with Crippen molar-refractivity contribution < 1.29 is 14.3 Å². The number of carbonyl (C=O) groups excluding carboxylic acids is 1. The molecule has 0 radical (unpaired) electrons. The van der Waals surface area contributed by atoms with Gasteiger partial charge in [0.05, 0.1) is 20.3 Å². The molecule has 0 bridgehead atoms. The van der Waals surface area contributed by atoms with Gasteiger partial charge in [0.15, 0.2) is 0 Å². The van der Waals surface area contributed by atoms with Gasteiger partial charge in [-0.15, -0.1) is 11.3 Å². The van der Waals surface area contributed by atoms with Crippen LogP contribution >= 0.6 is 11.3 Å². The van der Waals surface area contributed by atoms with Gasteiger partial charge in [0.25, 0.3) is 5.91 Å². The Morgan fingerprint density at radius 2 is 1.81 bits per heavy atom. The number of rotatable bonds is 7. The van der Waals surface area contributed by atoms with Gasteiger partial charge in [-0.1, -0.05) is 30.3 Å². The van der Waals surface area contributed by atoms with E-state index in [1.54, 1.807) is 37.8 Å². The zero-order valence-corrected chi connectivity index (χ0v) is 16.0. The van der Waals surface area contributed by atoms with Gasteiger partial charge in [0.2, 0.25) is 0 Å². The first-order valence-corrected chi connectivity index (χ1v) is 9.26. The molecule has 0 aliphatic carbocycles. The number of anilines is 1. The molecular weight excluding hydrogens is 362 g/mol. The van der Waals surface area contributed by atoms with Crippen LogP contribution in [-0.4, -0.2) is 25.1 Å². The minimum atomic E-state index is -0.306. The molecule has 140 valence electrons. The van der Waals surface area contributed by atoms with Crippen molar-refractivity contribution in [3.8, 4) is 11.5 Å². The van der Waals surface area contributed by atoms with Crippen LogP contribution in [0.25, 0.3) is 0 Å². The first-order chi connectivity index (χ1) is 13.1. The van der Waals surface area contributed by atoms with E-state index in [4.69, 9.17) is 15.2 Å². The van der Waals surface area contributed by atoms with Gasteiger partial charge in [0, 0.05) is 29.3 Å². The van der Waals surface area contributed by atoms with Crippen LogP contribution in [0.3, 0.4) is 0 Å². The van der Waals surface area contributed by atoms with Crippen LogP contribution in [0.5, 0.6) is 11.5 Å². The van der Waals surface area contributed by atoms with Gasteiger partial charge in [-0.25, -0.2) is 4.98 Å². The van der Waals surface area contributed by atoms with E-state index in [-0.39, 0.29) is 11.9 Å². The van der Waals surface area contributed by atoms with Crippen LogP contribution in [-0.2, 0) is 6.42 Å². The Morgan fingerprint density at radius 3 is 2.44 bits per heavy atom. The largest absolute Gasteiger partial charge is 0.497 e. The molecule has 1 unspecified atom stereocenters. The molecule has 0 saturated heterocycles. The topological polar surface area (TPSA) is 86.5 Å². The molecule has 1 amide bonds. The molecule has 1 aromatic heterocycles. The second-order valence-corrected chi connectivity index (χ2v) is 6.81. The number of nitrogens with zero attached hydrogens (tertiary/aromatic N) is 1. The van der Waals surface area contributed by atoms with E-state index in [9.17, 15) is 4.79 Å². The van der Waals surface area contributed by atoms with E-state index in [0.717, 1.165) is 10.6 Å². The van der Waals surface area contributed by atoms with Crippen molar-refractivity contribution in [2.75, 3.05) is 19.5 Å². The molecule has 0 aliphatic heterocycles. The highest BCUT2D eigenvalue weighted by Crippen LogP contribution is 2.26. The minimum absolute atomic E-state index is 0.254. The van der Waals surface area contributed by atoms with Gasteiger partial charge < -0.3 is 20.5 Å². The van der Waals surface area contributed by atoms with Gasteiger partial charge in [-0.05, 0) is 12.0 Å². The summed E-state index contributed by atoms with van der Waals surface area (Å²) in [6.07, 6.45) is 0.669. The lowest BCUT2D eigenvalue weighted by molar-refractivity contribution is 0.102. The highest BCUT2D eigenvalue weighted by molar-refractivity contribution is 7.09. The van der Waals surface area contributed by atoms with E-state index < -0.39 is 0 Å². The number of nitrogens with two attached hydrogens (primary N) is 1. The van der Waals surface area contributed by atoms with Crippen molar-refractivity contribution in [3.05, 3.63) is 70.2 Å². The lowest BCUT2D eigenvalue weighted by atomic mass is 10.1. The van der Waals surface area contributed by atoms with Gasteiger partial charge in [-0.2, -0.15) is 0 Å². The van der Waals surface area contributed by atoms with Crippen molar-refractivity contribution in [3.63, 3.8) is 0 Å². The number of thiazole rings is 1. The van der Waals surface area contributed by atoms with Crippen LogP contribution in [0.4, 0.5) is 5.69 Å². The molecule has 2 aromatic carbocycles. The second kappa shape index (κ2) is 8.66. The van der Waals surface area contributed by atoms with Crippen molar-refractivity contribution in [1.29, 1.82) is 0 Å². The number of aromatic nitrogens is 1. The summed E-state index contributed by atoms with van der Waals surface area (Å²) in [5, 5.41) is 5.26. The number of amides is 1. The number of hydrogen-bond donors (Lipinski definition) is 2. The fraction of sp³-hybridized carbons (Fsp3) is 0.200. The molecule has 1 heterocycles. The van der Waals surface area contributed by atoms with Crippen LogP contribution < -0.4 is 20.5 Å². The van der Waals surface area contributed by atoms with Crippen molar-refractivity contribution in [1.82, 2.24) is 4.98 Å². The smallest absolute Gasteiger partial charge is 0.275 e. The summed E-state index contributed by atoms with van der Waals surface area (Å²) < 4.78 is 10.4. The third kappa shape index (κ3) is 4.84. The third-order valence-corrected chi connectivity index (χ3v) is 4.96. The summed E-state index contributed by atoms with van der Waals surface area (Å²) in [6, 6.07) is 14.9. The van der Waals surface area contributed by atoms with Gasteiger partial charge in [-0.3, -0.25) is 4.79 Å². The highest BCUT2D eigenvalue weighted by atomic mass is 32.1. The summed E-state index contributed by atoms with van der Waals surface area (Å²) in [5.74, 6) is 0.877. The van der Waals surface area contributed by atoms with Gasteiger partial charge >= 0.3 is 0 Å². The SMILES string of the molecule is COc1cc(NC(=O)c2csc(C(N)Cc3ccccc3)n2)cc(OC)c1. The molecule has 3 N–H and O–H groups in total.